The first-order chi connectivity index (χ1) is 10.4. The summed E-state index contributed by atoms with van der Waals surface area (Å²) in [5.74, 6) is 0.906. The van der Waals surface area contributed by atoms with E-state index in [0.717, 1.165) is 17.8 Å². The predicted octanol–water partition coefficient (Wildman–Crippen LogP) is 3.14. The first kappa shape index (κ1) is 14.8. The number of fused-ring (bicyclic) bond motifs is 1. The molecule has 0 saturated heterocycles. The molecule has 0 aromatic carbocycles. The minimum absolute atomic E-state index is 0.0809. The normalized spacial score (nSPS) is 12.0. The van der Waals surface area contributed by atoms with Crippen LogP contribution in [0.5, 0.6) is 0 Å². The Morgan fingerprint density at radius 2 is 2.05 bits per heavy atom. The molecule has 0 N–H and O–H groups in total. The molecule has 3 heterocycles. The summed E-state index contributed by atoms with van der Waals surface area (Å²) in [5.41, 5.74) is 0.0445. The SMILES string of the molecule is Cc1cc(C(F)(F)F)nc(SCc2cn3cccnc3n2)n1. The third-order valence-electron chi connectivity index (χ3n) is 2.76. The molecule has 0 fully saturated rings. The first-order valence-electron chi connectivity index (χ1n) is 6.26. The molecule has 0 aliphatic rings. The highest BCUT2D eigenvalue weighted by Crippen LogP contribution is 2.29. The highest BCUT2D eigenvalue weighted by Gasteiger charge is 2.33. The number of nitrogens with zero attached hydrogens (tertiary/aromatic N) is 5. The average Bonchev–Trinajstić information content (AvgIpc) is 2.86. The number of hydrogen-bond donors (Lipinski definition) is 0. The van der Waals surface area contributed by atoms with E-state index < -0.39 is 11.9 Å². The molecule has 3 aromatic heterocycles. The molecule has 0 amide bonds. The Morgan fingerprint density at radius 3 is 2.77 bits per heavy atom. The summed E-state index contributed by atoms with van der Waals surface area (Å²) in [7, 11) is 0. The largest absolute Gasteiger partial charge is 0.433 e. The highest BCUT2D eigenvalue weighted by atomic mass is 32.2. The number of halogens is 3. The Kier molecular flexibility index (Phi) is 3.73. The maximum atomic E-state index is 12.7. The van der Waals surface area contributed by atoms with Crippen LogP contribution in [-0.4, -0.2) is 24.3 Å². The van der Waals surface area contributed by atoms with Crippen LogP contribution in [0.4, 0.5) is 13.2 Å². The fourth-order valence-corrected chi connectivity index (χ4v) is 2.63. The molecule has 0 atom stereocenters. The van der Waals surface area contributed by atoms with E-state index in [1.54, 1.807) is 29.1 Å². The predicted molar refractivity (Wildman–Crippen MR) is 74.3 cm³/mol. The molecule has 114 valence electrons. The number of alkyl halides is 3. The molecule has 0 aliphatic heterocycles. The van der Waals surface area contributed by atoms with Crippen LogP contribution in [0.3, 0.4) is 0 Å². The van der Waals surface area contributed by atoms with E-state index in [1.807, 2.05) is 0 Å². The lowest BCUT2D eigenvalue weighted by Gasteiger charge is -2.08. The second-order valence-electron chi connectivity index (χ2n) is 4.52. The number of imidazole rings is 1. The summed E-state index contributed by atoms with van der Waals surface area (Å²) >= 11 is 1.11. The lowest BCUT2D eigenvalue weighted by atomic mass is 10.3. The Labute approximate surface area is 127 Å². The van der Waals surface area contributed by atoms with E-state index >= 15 is 0 Å². The van der Waals surface area contributed by atoms with E-state index in [0.29, 0.717) is 17.2 Å². The second kappa shape index (κ2) is 5.56. The van der Waals surface area contributed by atoms with Gasteiger partial charge >= 0.3 is 6.18 Å². The molecule has 0 radical (unpaired) electrons. The molecule has 9 heteroatoms. The number of hydrogen-bond acceptors (Lipinski definition) is 5. The van der Waals surface area contributed by atoms with Gasteiger partial charge < -0.3 is 0 Å². The minimum atomic E-state index is -4.48. The van der Waals surface area contributed by atoms with Crippen LogP contribution in [0.15, 0.2) is 35.9 Å². The number of aryl methyl sites for hydroxylation is 1. The summed E-state index contributed by atoms with van der Waals surface area (Å²) in [5, 5.41) is 0.0809. The van der Waals surface area contributed by atoms with Gasteiger partial charge in [-0.2, -0.15) is 13.2 Å². The maximum Gasteiger partial charge on any atom is 0.433 e. The molecule has 22 heavy (non-hydrogen) atoms. The van der Waals surface area contributed by atoms with Crippen molar-refractivity contribution in [3.8, 4) is 0 Å². The molecule has 3 rings (SSSR count). The zero-order valence-electron chi connectivity index (χ0n) is 11.4. The monoisotopic (exact) mass is 325 g/mol. The summed E-state index contributed by atoms with van der Waals surface area (Å²) < 4.78 is 39.9. The Hall–Kier alpha value is -2.16. The van der Waals surface area contributed by atoms with E-state index in [9.17, 15) is 13.2 Å². The van der Waals surface area contributed by atoms with Gasteiger partial charge in [0.25, 0.3) is 0 Å². The Bertz CT molecular complexity index is 782. The first-order valence-corrected chi connectivity index (χ1v) is 7.25. The summed E-state index contributed by atoms with van der Waals surface area (Å²) in [6.45, 7) is 1.51. The van der Waals surface area contributed by atoms with Crippen molar-refractivity contribution in [2.24, 2.45) is 0 Å². The van der Waals surface area contributed by atoms with Gasteiger partial charge in [0.05, 0.1) is 5.69 Å². The van der Waals surface area contributed by atoms with Crippen LogP contribution < -0.4 is 0 Å². The standard InChI is InChI=1S/C13H10F3N5S/c1-8-5-10(13(14,15)16)20-12(18-8)22-7-9-6-21-4-2-3-17-11(21)19-9/h2-6H,7H2,1H3. The molecule has 0 unspecified atom stereocenters. The molecule has 0 bridgehead atoms. The van der Waals surface area contributed by atoms with Crippen molar-refractivity contribution in [2.45, 2.75) is 24.0 Å². The van der Waals surface area contributed by atoms with Gasteiger partial charge in [0, 0.05) is 30.0 Å². The van der Waals surface area contributed by atoms with Crippen LogP contribution >= 0.6 is 11.8 Å². The van der Waals surface area contributed by atoms with Gasteiger partial charge in [-0.15, -0.1) is 0 Å². The lowest BCUT2D eigenvalue weighted by molar-refractivity contribution is -0.141. The molecular formula is C13H10F3N5S. The van der Waals surface area contributed by atoms with E-state index in [4.69, 9.17) is 0 Å². The topological polar surface area (TPSA) is 56.0 Å². The molecule has 0 saturated carbocycles. The molecular weight excluding hydrogens is 315 g/mol. The van der Waals surface area contributed by atoms with Crippen LogP contribution in [0, 0.1) is 6.92 Å². The van der Waals surface area contributed by atoms with E-state index in [1.165, 1.54) is 6.92 Å². The van der Waals surface area contributed by atoms with Gasteiger partial charge in [-0.3, -0.25) is 4.40 Å². The maximum absolute atomic E-state index is 12.7. The van der Waals surface area contributed by atoms with Crippen molar-refractivity contribution < 1.29 is 13.2 Å². The number of thioether (sulfide) groups is 1. The molecule has 0 spiro atoms. The quantitative estimate of drug-likeness (QED) is 0.547. The van der Waals surface area contributed by atoms with Gasteiger partial charge in [0.2, 0.25) is 5.78 Å². The molecule has 0 aliphatic carbocycles. The van der Waals surface area contributed by atoms with Crippen molar-refractivity contribution in [1.82, 2.24) is 24.3 Å². The summed E-state index contributed by atoms with van der Waals surface area (Å²) in [6.07, 6.45) is 0.721. The Balaban J connectivity index is 1.80. The smallest absolute Gasteiger partial charge is 0.291 e. The van der Waals surface area contributed by atoms with Crippen molar-refractivity contribution in [1.29, 1.82) is 0 Å². The van der Waals surface area contributed by atoms with Gasteiger partial charge in [0.1, 0.15) is 5.69 Å². The number of aromatic nitrogens is 5. The van der Waals surface area contributed by atoms with E-state index in [-0.39, 0.29) is 10.9 Å². The third kappa shape index (κ3) is 3.19. The minimum Gasteiger partial charge on any atom is -0.291 e. The fourth-order valence-electron chi connectivity index (χ4n) is 1.84. The highest BCUT2D eigenvalue weighted by molar-refractivity contribution is 7.98. The number of rotatable bonds is 3. The summed E-state index contributed by atoms with van der Waals surface area (Å²) in [4.78, 5) is 15.9. The Morgan fingerprint density at radius 1 is 1.23 bits per heavy atom. The zero-order chi connectivity index (χ0) is 15.7. The van der Waals surface area contributed by atoms with E-state index in [2.05, 4.69) is 19.9 Å². The fraction of sp³-hybridized carbons (Fsp3) is 0.231. The molecule has 5 nitrogen and oxygen atoms in total. The van der Waals surface area contributed by atoms with Crippen LogP contribution in [0.2, 0.25) is 0 Å². The second-order valence-corrected chi connectivity index (χ2v) is 5.47. The van der Waals surface area contributed by atoms with Gasteiger partial charge in [-0.25, -0.2) is 19.9 Å². The van der Waals surface area contributed by atoms with Gasteiger partial charge in [-0.1, -0.05) is 11.8 Å². The third-order valence-corrected chi connectivity index (χ3v) is 3.64. The molecule has 3 aromatic rings. The van der Waals surface area contributed by atoms with Crippen molar-refractivity contribution in [2.75, 3.05) is 0 Å². The van der Waals surface area contributed by atoms with Gasteiger partial charge in [0.15, 0.2) is 5.16 Å². The lowest BCUT2D eigenvalue weighted by Crippen LogP contribution is -2.10. The zero-order valence-corrected chi connectivity index (χ0v) is 12.2. The van der Waals surface area contributed by atoms with Crippen LogP contribution in [-0.2, 0) is 11.9 Å². The summed E-state index contributed by atoms with van der Waals surface area (Å²) in [6, 6.07) is 2.70. The van der Waals surface area contributed by atoms with Crippen molar-refractivity contribution in [3.05, 3.63) is 47.8 Å². The van der Waals surface area contributed by atoms with Gasteiger partial charge in [-0.05, 0) is 19.1 Å². The van der Waals surface area contributed by atoms with Crippen molar-refractivity contribution >= 4 is 17.5 Å². The van der Waals surface area contributed by atoms with Crippen LogP contribution in [0.1, 0.15) is 17.1 Å². The average molecular weight is 325 g/mol. The van der Waals surface area contributed by atoms with Crippen LogP contribution in [0.25, 0.3) is 5.78 Å². The van der Waals surface area contributed by atoms with Crippen molar-refractivity contribution in [3.63, 3.8) is 0 Å².